The van der Waals surface area contributed by atoms with Crippen LogP contribution in [0.2, 0.25) is 0 Å². The summed E-state index contributed by atoms with van der Waals surface area (Å²) in [5.41, 5.74) is 2.27. The summed E-state index contributed by atoms with van der Waals surface area (Å²) in [6.07, 6.45) is 0.989. The molecule has 2 rings (SSSR count). The number of carbonyl (C=O) groups is 1. The fourth-order valence-electron chi connectivity index (χ4n) is 2.20. The molecule has 0 bridgehead atoms. The van der Waals surface area contributed by atoms with Crippen LogP contribution in [-0.2, 0) is 11.2 Å². The maximum Gasteiger partial charge on any atom is 0.305 e. The lowest BCUT2D eigenvalue weighted by atomic mass is 10.0. The smallest absolute Gasteiger partial charge is 0.305 e. The third-order valence-electron chi connectivity index (χ3n) is 3.23. The maximum atomic E-state index is 11.0. The van der Waals surface area contributed by atoms with Crippen molar-refractivity contribution >= 4 is 5.97 Å². The van der Waals surface area contributed by atoms with E-state index in [9.17, 15) is 4.79 Å². The highest BCUT2D eigenvalue weighted by Crippen LogP contribution is 2.16. The standard InChI is InChI=1S/C17H19NO2/c19-17(20)13-16(15-9-5-2-6-10-15)18-12-11-14-7-3-1-4-8-14/h1-10,16,18H,11-13H2,(H,19,20). The summed E-state index contributed by atoms with van der Waals surface area (Å²) in [6, 6.07) is 19.8. The summed E-state index contributed by atoms with van der Waals surface area (Å²) in [5, 5.41) is 12.4. The zero-order chi connectivity index (χ0) is 14.2. The van der Waals surface area contributed by atoms with Crippen molar-refractivity contribution in [2.75, 3.05) is 6.54 Å². The van der Waals surface area contributed by atoms with Gasteiger partial charge in [0, 0.05) is 6.04 Å². The van der Waals surface area contributed by atoms with E-state index in [2.05, 4.69) is 17.4 Å². The number of hydrogen-bond donors (Lipinski definition) is 2. The van der Waals surface area contributed by atoms with Gasteiger partial charge >= 0.3 is 5.97 Å². The molecular formula is C17H19NO2. The fourth-order valence-corrected chi connectivity index (χ4v) is 2.20. The van der Waals surface area contributed by atoms with Crippen LogP contribution in [0, 0.1) is 0 Å². The van der Waals surface area contributed by atoms with Crippen molar-refractivity contribution in [3.8, 4) is 0 Å². The molecule has 1 atom stereocenters. The van der Waals surface area contributed by atoms with Crippen LogP contribution in [0.15, 0.2) is 60.7 Å². The second-order valence-electron chi connectivity index (χ2n) is 4.75. The van der Waals surface area contributed by atoms with Gasteiger partial charge in [0.1, 0.15) is 0 Å². The first-order valence-corrected chi connectivity index (χ1v) is 6.80. The van der Waals surface area contributed by atoms with E-state index in [4.69, 9.17) is 5.11 Å². The first-order chi connectivity index (χ1) is 9.75. The SMILES string of the molecule is O=C(O)CC(NCCc1ccccc1)c1ccccc1. The third-order valence-corrected chi connectivity index (χ3v) is 3.23. The van der Waals surface area contributed by atoms with E-state index in [0.717, 1.165) is 18.5 Å². The van der Waals surface area contributed by atoms with E-state index in [0.29, 0.717) is 0 Å². The van der Waals surface area contributed by atoms with Crippen molar-refractivity contribution in [2.45, 2.75) is 18.9 Å². The van der Waals surface area contributed by atoms with Gasteiger partial charge in [-0.3, -0.25) is 4.79 Å². The second kappa shape index (κ2) is 7.46. The van der Waals surface area contributed by atoms with E-state index in [1.165, 1.54) is 5.56 Å². The second-order valence-corrected chi connectivity index (χ2v) is 4.75. The van der Waals surface area contributed by atoms with Crippen LogP contribution in [0.4, 0.5) is 0 Å². The molecule has 0 amide bonds. The van der Waals surface area contributed by atoms with Gasteiger partial charge in [-0.2, -0.15) is 0 Å². The minimum absolute atomic E-state index is 0.0960. The molecule has 0 heterocycles. The summed E-state index contributed by atoms with van der Waals surface area (Å²) in [6.45, 7) is 0.761. The van der Waals surface area contributed by atoms with Crippen molar-refractivity contribution in [3.63, 3.8) is 0 Å². The summed E-state index contributed by atoms with van der Waals surface area (Å²) in [4.78, 5) is 11.0. The average molecular weight is 269 g/mol. The van der Waals surface area contributed by atoms with Crippen LogP contribution in [0.25, 0.3) is 0 Å². The van der Waals surface area contributed by atoms with Crippen molar-refractivity contribution < 1.29 is 9.90 Å². The van der Waals surface area contributed by atoms with Gasteiger partial charge in [0.2, 0.25) is 0 Å². The van der Waals surface area contributed by atoms with E-state index < -0.39 is 5.97 Å². The van der Waals surface area contributed by atoms with Gasteiger partial charge in [0.05, 0.1) is 6.42 Å². The van der Waals surface area contributed by atoms with Crippen LogP contribution in [0.5, 0.6) is 0 Å². The molecule has 2 aromatic rings. The first kappa shape index (κ1) is 14.3. The van der Waals surface area contributed by atoms with Gasteiger partial charge in [-0.25, -0.2) is 0 Å². The van der Waals surface area contributed by atoms with Crippen molar-refractivity contribution in [1.29, 1.82) is 0 Å². The molecule has 0 saturated heterocycles. The molecule has 2 aromatic carbocycles. The molecule has 104 valence electrons. The fraction of sp³-hybridized carbons (Fsp3) is 0.235. The maximum absolute atomic E-state index is 11.0. The van der Waals surface area contributed by atoms with Gasteiger partial charge in [-0.05, 0) is 24.1 Å². The predicted molar refractivity (Wildman–Crippen MR) is 79.6 cm³/mol. The van der Waals surface area contributed by atoms with Crippen LogP contribution in [-0.4, -0.2) is 17.6 Å². The van der Waals surface area contributed by atoms with Crippen molar-refractivity contribution in [1.82, 2.24) is 5.32 Å². The minimum atomic E-state index is -0.786. The monoisotopic (exact) mass is 269 g/mol. The molecule has 0 radical (unpaired) electrons. The Bertz CT molecular complexity index is 525. The number of aliphatic carboxylic acids is 1. The third kappa shape index (κ3) is 4.52. The minimum Gasteiger partial charge on any atom is -0.481 e. The van der Waals surface area contributed by atoms with Gasteiger partial charge < -0.3 is 10.4 Å². The topological polar surface area (TPSA) is 49.3 Å². The highest BCUT2D eigenvalue weighted by molar-refractivity contribution is 5.67. The molecule has 20 heavy (non-hydrogen) atoms. The number of rotatable bonds is 7. The Kier molecular flexibility index (Phi) is 5.33. The Balaban J connectivity index is 1.93. The highest BCUT2D eigenvalue weighted by Gasteiger charge is 2.14. The summed E-state index contributed by atoms with van der Waals surface area (Å²) >= 11 is 0. The zero-order valence-corrected chi connectivity index (χ0v) is 11.3. The molecule has 0 aliphatic heterocycles. The number of benzene rings is 2. The quantitative estimate of drug-likeness (QED) is 0.812. The molecule has 0 aliphatic rings. The summed E-state index contributed by atoms with van der Waals surface area (Å²) in [5.74, 6) is -0.786. The molecular weight excluding hydrogens is 250 g/mol. The van der Waals surface area contributed by atoms with Crippen molar-refractivity contribution in [2.24, 2.45) is 0 Å². The van der Waals surface area contributed by atoms with Crippen LogP contribution in [0.1, 0.15) is 23.6 Å². The van der Waals surface area contributed by atoms with Crippen LogP contribution >= 0.6 is 0 Å². The average Bonchev–Trinajstić information content (AvgIpc) is 2.48. The number of hydrogen-bond acceptors (Lipinski definition) is 2. The molecule has 0 fully saturated rings. The largest absolute Gasteiger partial charge is 0.481 e. The Morgan fingerprint density at radius 2 is 1.60 bits per heavy atom. The lowest BCUT2D eigenvalue weighted by Crippen LogP contribution is -2.26. The lowest BCUT2D eigenvalue weighted by Gasteiger charge is -2.17. The number of carboxylic acid groups (broad SMARTS) is 1. The molecule has 0 aliphatic carbocycles. The number of nitrogens with one attached hydrogen (secondary N) is 1. The highest BCUT2D eigenvalue weighted by atomic mass is 16.4. The normalized spacial score (nSPS) is 12.0. The summed E-state index contributed by atoms with van der Waals surface area (Å²) in [7, 11) is 0. The molecule has 3 heteroatoms. The Morgan fingerprint density at radius 1 is 1.00 bits per heavy atom. The first-order valence-electron chi connectivity index (χ1n) is 6.80. The van der Waals surface area contributed by atoms with Gasteiger partial charge in [0.25, 0.3) is 0 Å². The molecule has 0 spiro atoms. The van der Waals surface area contributed by atoms with Gasteiger partial charge in [0.15, 0.2) is 0 Å². The molecule has 0 aromatic heterocycles. The molecule has 0 saturated carbocycles. The Morgan fingerprint density at radius 3 is 2.20 bits per heavy atom. The predicted octanol–water partition coefficient (Wildman–Crippen LogP) is 3.03. The van der Waals surface area contributed by atoms with E-state index in [-0.39, 0.29) is 12.5 Å². The van der Waals surface area contributed by atoms with Gasteiger partial charge in [-0.1, -0.05) is 60.7 Å². The molecule has 1 unspecified atom stereocenters. The van der Waals surface area contributed by atoms with Gasteiger partial charge in [-0.15, -0.1) is 0 Å². The van der Waals surface area contributed by atoms with Crippen molar-refractivity contribution in [3.05, 3.63) is 71.8 Å². The Hall–Kier alpha value is -2.13. The van der Waals surface area contributed by atoms with E-state index in [1.54, 1.807) is 0 Å². The zero-order valence-electron chi connectivity index (χ0n) is 11.3. The lowest BCUT2D eigenvalue weighted by molar-refractivity contribution is -0.137. The van der Waals surface area contributed by atoms with E-state index in [1.807, 2.05) is 48.5 Å². The summed E-state index contributed by atoms with van der Waals surface area (Å²) < 4.78 is 0. The molecule has 3 nitrogen and oxygen atoms in total. The number of carboxylic acids is 1. The molecule has 2 N–H and O–H groups in total. The van der Waals surface area contributed by atoms with E-state index >= 15 is 0 Å². The van der Waals surface area contributed by atoms with Crippen LogP contribution < -0.4 is 5.32 Å². The Labute approximate surface area is 119 Å². The van der Waals surface area contributed by atoms with Crippen LogP contribution in [0.3, 0.4) is 0 Å².